The first-order chi connectivity index (χ1) is 14.8. The third-order valence-corrected chi connectivity index (χ3v) is 7.21. The highest BCUT2D eigenvalue weighted by Gasteiger charge is 2.31. The average molecular weight is 442 g/mol. The number of sulfonamides is 1. The number of nitrogens with zero attached hydrogens (tertiary/aromatic N) is 3. The van der Waals surface area contributed by atoms with Gasteiger partial charge in [0, 0.05) is 57.8 Å². The molecule has 0 aliphatic carbocycles. The lowest BCUT2D eigenvalue weighted by atomic mass is 9.96. The minimum absolute atomic E-state index is 0.0774. The van der Waals surface area contributed by atoms with Crippen LogP contribution in [0.25, 0.3) is 6.08 Å². The van der Waals surface area contributed by atoms with Gasteiger partial charge in [0.05, 0.1) is 0 Å². The summed E-state index contributed by atoms with van der Waals surface area (Å²) in [6.07, 6.45) is 2.70. The second-order valence-electron chi connectivity index (χ2n) is 8.19. The molecule has 1 aliphatic rings. The highest BCUT2D eigenvalue weighted by Crippen LogP contribution is 2.23. The summed E-state index contributed by atoms with van der Waals surface area (Å²) in [5.41, 5.74) is 3.04. The van der Waals surface area contributed by atoms with Crippen LogP contribution in [0.2, 0.25) is 0 Å². The van der Waals surface area contributed by atoms with Gasteiger partial charge >= 0.3 is 0 Å². The van der Waals surface area contributed by atoms with Crippen molar-refractivity contribution >= 4 is 27.7 Å². The number of rotatable bonds is 7. The standard InChI is InChI=1S/C24H31N3O3S/c1-25(2)23-11-9-21(10-12-23)19-26(3)24(28)22-13-16-27(17-14-22)31(29,30)18-15-20-7-5-4-6-8-20/h4-12,15,18,22H,13-14,16-17,19H2,1-3H3/b18-15+. The number of piperidine rings is 1. The molecule has 2 aromatic carbocycles. The van der Waals surface area contributed by atoms with E-state index in [1.54, 1.807) is 11.0 Å². The predicted octanol–water partition coefficient (Wildman–Crippen LogP) is 3.42. The Bertz CT molecular complexity index is 994. The van der Waals surface area contributed by atoms with E-state index in [-0.39, 0.29) is 11.8 Å². The molecule has 1 saturated heterocycles. The Morgan fingerprint density at radius 2 is 1.61 bits per heavy atom. The van der Waals surface area contributed by atoms with Gasteiger partial charge < -0.3 is 9.80 Å². The maximum atomic E-state index is 12.9. The molecule has 0 radical (unpaired) electrons. The lowest BCUT2D eigenvalue weighted by molar-refractivity contribution is -0.135. The minimum atomic E-state index is -3.49. The van der Waals surface area contributed by atoms with Crippen LogP contribution in [0.5, 0.6) is 0 Å². The molecule has 3 rings (SSSR count). The largest absolute Gasteiger partial charge is 0.378 e. The third kappa shape index (κ3) is 6.18. The molecule has 1 aliphatic heterocycles. The van der Waals surface area contributed by atoms with Crippen LogP contribution in [0, 0.1) is 5.92 Å². The summed E-state index contributed by atoms with van der Waals surface area (Å²) in [6.45, 7) is 1.28. The molecule has 2 aromatic rings. The van der Waals surface area contributed by atoms with Crippen molar-refractivity contribution in [3.63, 3.8) is 0 Å². The molecule has 0 N–H and O–H groups in total. The fourth-order valence-electron chi connectivity index (χ4n) is 3.73. The molecule has 166 valence electrons. The molecule has 31 heavy (non-hydrogen) atoms. The molecule has 0 unspecified atom stereocenters. The summed E-state index contributed by atoms with van der Waals surface area (Å²) >= 11 is 0. The Morgan fingerprint density at radius 3 is 2.19 bits per heavy atom. The van der Waals surface area contributed by atoms with Gasteiger partial charge in [-0.15, -0.1) is 0 Å². The van der Waals surface area contributed by atoms with Gasteiger partial charge in [0.1, 0.15) is 0 Å². The van der Waals surface area contributed by atoms with Gasteiger partial charge in [-0.2, -0.15) is 4.31 Å². The number of hydrogen-bond acceptors (Lipinski definition) is 4. The molecule has 1 heterocycles. The van der Waals surface area contributed by atoms with Crippen LogP contribution in [-0.4, -0.2) is 57.8 Å². The van der Waals surface area contributed by atoms with Crippen LogP contribution < -0.4 is 4.90 Å². The number of benzene rings is 2. The third-order valence-electron chi connectivity index (χ3n) is 5.64. The van der Waals surface area contributed by atoms with E-state index in [1.165, 1.54) is 9.71 Å². The van der Waals surface area contributed by atoms with Crippen LogP contribution in [0.1, 0.15) is 24.0 Å². The Hall–Kier alpha value is -2.64. The van der Waals surface area contributed by atoms with Gasteiger partial charge in [-0.1, -0.05) is 42.5 Å². The van der Waals surface area contributed by atoms with Gasteiger partial charge in [0.2, 0.25) is 15.9 Å². The van der Waals surface area contributed by atoms with Crippen molar-refractivity contribution < 1.29 is 13.2 Å². The fraction of sp³-hybridized carbons (Fsp3) is 0.375. The van der Waals surface area contributed by atoms with E-state index in [4.69, 9.17) is 0 Å². The Morgan fingerprint density at radius 1 is 1.00 bits per heavy atom. The summed E-state index contributed by atoms with van der Waals surface area (Å²) in [5, 5.41) is 1.26. The van der Waals surface area contributed by atoms with Gasteiger partial charge in [0.15, 0.2) is 0 Å². The Balaban J connectivity index is 1.53. The molecular formula is C24H31N3O3S. The van der Waals surface area contributed by atoms with Crippen LogP contribution >= 0.6 is 0 Å². The summed E-state index contributed by atoms with van der Waals surface area (Å²) < 4.78 is 26.7. The smallest absolute Gasteiger partial charge is 0.236 e. The molecule has 0 spiro atoms. The van der Waals surface area contributed by atoms with E-state index in [0.717, 1.165) is 16.8 Å². The number of hydrogen-bond donors (Lipinski definition) is 0. The van der Waals surface area contributed by atoms with Crippen LogP contribution in [-0.2, 0) is 21.4 Å². The molecule has 1 fully saturated rings. The van der Waals surface area contributed by atoms with Crippen molar-refractivity contribution in [3.05, 3.63) is 71.1 Å². The summed E-state index contributed by atoms with van der Waals surface area (Å²) in [7, 11) is 2.32. The number of carbonyl (C=O) groups is 1. The van der Waals surface area contributed by atoms with Gasteiger partial charge in [0.25, 0.3) is 0 Å². The maximum absolute atomic E-state index is 12.9. The fourth-order valence-corrected chi connectivity index (χ4v) is 4.96. The monoisotopic (exact) mass is 441 g/mol. The number of anilines is 1. The van der Waals surface area contributed by atoms with E-state index in [2.05, 4.69) is 0 Å². The van der Waals surface area contributed by atoms with Gasteiger partial charge in [-0.25, -0.2) is 8.42 Å². The second-order valence-corrected chi connectivity index (χ2v) is 10.0. The first-order valence-corrected chi connectivity index (χ1v) is 12.0. The zero-order valence-corrected chi connectivity index (χ0v) is 19.3. The normalized spacial score (nSPS) is 15.8. The van der Waals surface area contributed by atoms with Crippen molar-refractivity contribution in [1.29, 1.82) is 0 Å². The van der Waals surface area contributed by atoms with Crippen molar-refractivity contribution in [2.75, 3.05) is 39.1 Å². The highest BCUT2D eigenvalue weighted by atomic mass is 32.2. The minimum Gasteiger partial charge on any atom is -0.378 e. The molecule has 0 atom stereocenters. The molecule has 0 aromatic heterocycles. The molecule has 0 bridgehead atoms. The van der Waals surface area contributed by atoms with E-state index in [9.17, 15) is 13.2 Å². The van der Waals surface area contributed by atoms with E-state index >= 15 is 0 Å². The van der Waals surface area contributed by atoms with Gasteiger partial charge in [-0.3, -0.25) is 4.79 Å². The van der Waals surface area contributed by atoms with Crippen molar-refractivity contribution in [1.82, 2.24) is 9.21 Å². The first kappa shape index (κ1) is 23.0. The van der Waals surface area contributed by atoms with Crippen molar-refractivity contribution in [2.45, 2.75) is 19.4 Å². The molecular weight excluding hydrogens is 410 g/mol. The van der Waals surface area contributed by atoms with E-state index in [0.29, 0.717) is 32.5 Å². The predicted molar refractivity (Wildman–Crippen MR) is 126 cm³/mol. The Kier molecular flexibility index (Phi) is 7.51. The summed E-state index contributed by atoms with van der Waals surface area (Å²) in [4.78, 5) is 16.7. The van der Waals surface area contributed by atoms with E-state index < -0.39 is 10.0 Å². The summed E-state index contributed by atoms with van der Waals surface area (Å²) in [6, 6.07) is 17.5. The van der Waals surface area contributed by atoms with Crippen LogP contribution in [0.3, 0.4) is 0 Å². The lowest BCUT2D eigenvalue weighted by Gasteiger charge is -2.32. The SMILES string of the molecule is CN(Cc1ccc(N(C)C)cc1)C(=O)C1CCN(S(=O)(=O)/C=C/c2ccccc2)CC1. The van der Waals surface area contributed by atoms with Crippen LogP contribution in [0.4, 0.5) is 5.69 Å². The number of amides is 1. The molecule has 7 heteroatoms. The van der Waals surface area contributed by atoms with Crippen molar-refractivity contribution in [2.24, 2.45) is 5.92 Å². The van der Waals surface area contributed by atoms with Crippen molar-refractivity contribution in [3.8, 4) is 0 Å². The van der Waals surface area contributed by atoms with Gasteiger partial charge in [-0.05, 0) is 42.2 Å². The number of carbonyl (C=O) groups excluding carboxylic acids is 1. The lowest BCUT2D eigenvalue weighted by Crippen LogP contribution is -2.42. The highest BCUT2D eigenvalue weighted by molar-refractivity contribution is 7.92. The molecule has 6 nitrogen and oxygen atoms in total. The quantitative estimate of drug-likeness (QED) is 0.661. The van der Waals surface area contributed by atoms with E-state index in [1.807, 2.05) is 80.6 Å². The Labute approximate surface area is 185 Å². The average Bonchev–Trinajstić information content (AvgIpc) is 2.78. The second kappa shape index (κ2) is 10.1. The summed E-state index contributed by atoms with van der Waals surface area (Å²) in [5.74, 6) is -0.0656. The zero-order chi connectivity index (χ0) is 22.4. The molecule has 0 saturated carbocycles. The zero-order valence-electron chi connectivity index (χ0n) is 18.4. The first-order valence-electron chi connectivity index (χ1n) is 10.5. The maximum Gasteiger partial charge on any atom is 0.236 e. The molecule has 1 amide bonds. The topological polar surface area (TPSA) is 60.9 Å². The van der Waals surface area contributed by atoms with Crippen LogP contribution in [0.15, 0.2) is 60.0 Å².